The molecule has 130 valence electrons. The zero-order valence-corrected chi connectivity index (χ0v) is 14.7. The number of fused-ring (bicyclic) bond motifs is 1. The number of nitrogens with one attached hydrogen (secondary N) is 1. The molecule has 1 aliphatic heterocycles. The highest BCUT2D eigenvalue weighted by atomic mass is 16.5. The summed E-state index contributed by atoms with van der Waals surface area (Å²) in [4.78, 5) is 14.4. The quantitative estimate of drug-likeness (QED) is 0.786. The minimum Gasteiger partial charge on any atom is -0.385 e. The van der Waals surface area contributed by atoms with Crippen molar-refractivity contribution in [3.05, 3.63) is 24.3 Å². The Bertz CT molecular complexity index is 655. The monoisotopic (exact) mass is 329 g/mol. The Kier molecular flexibility index (Phi) is 5.82. The van der Waals surface area contributed by atoms with Gasteiger partial charge >= 0.3 is 0 Å². The molecule has 6 heteroatoms. The van der Waals surface area contributed by atoms with Crippen LogP contribution >= 0.6 is 0 Å². The predicted molar refractivity (Wildman–Crippen MR) is 98.8 cm³/mol. The van der Waals surface area contributed by atoms with E-state index in [0.717, 1.165) is 75.0 Å². The van der Waals surface area contributed by atoms with Gasteiger partial charge in [-0.25, -0.2) is 4.98 Å². The molecule has 0 radical (unpaired) electrons. The van der Waals surface area contributed by atoms with E-state index in [1.807, 2.05) is 12.1 Å². The van der Waals surface area contributed by atoms with Gasteiger partial charge in [0.2, 0.25) is 5.95 Å². The molecular weight excluding hydrogens is 302 g/mol. The van der Waals surface area contributed by atoms with Gasteiger partial charge in [-0.1, -0.05) is 19.1 Å². The number of anilines is 2. The van der Waals surface area contributed by atoms with Crippen molar-refractivity contribution in [1.82, 2.24) is 14.9 Å². The summed E-state index contributed by atoms with van der Waals surface area (Å²) in [5.74, 6) is 1.75. The van der Waals surface area contributed by atoms with E-state index in [-0.39, 0.29) is 0 Å². The average Bonchev–Trinajstić information content (AvgIpc) is 2.65. The van der Waals surface area contributed by atoms with E-state index in [1.54, 1.807) is 7.11 Å². The number of nitrogens with zero attached hydrogens (tertiary/aromatic N) is 4. The molecule has 6 nitrogen and oxygen atoms in total. The van der Waals surface area contributed by atoms with Crippen LogP contribution in [0.1, 0.15) is 13.3 Å². The van der Waals surface area contributed by atoms with Crippen LogP contribution in [0.2, 0.25) is 0 Å². The fourth-order valence-corrected chi connectivity index (χ4v) is 3.03. The SMILES string of the molecule is CCN1CCN(c2nc(NCCCOC)c3ccccc3n2)CC1. The van der Waals surface area contributed by atoms with Crippen molar-refractivity contribution < 1.29 is 4.74 Å². The summed E-state index contributed by atoms with van der Waals surface area (Å²) in [6.45, 7) is 9.03. The number of ether oxygens (including phenoxy) is 1. The Morgan fingerprint density at radius 2 is 1.92 bits per heavy atom. The zero-order valence-electron chi connectivity index (χ0n) is 14.7. The predicted octanol–water partition coefficient (Wildman–Crippen LogP) is 2.22. The first-order chi connectivity index (χ1) is 11.8. The molecule has 0 unspecified atom stereocenters. The number of rotatable bonds is 7. The van der Waals surface area contributed by atoms with Crippen molar-refractivity contribution in [3.8, 4) is 0 Å². The van der Waals surface area contributed by atoms with Crippen molar-refractivity contribution in [2.75, 3.05) is 63.2 Å². The van der Waals surface area contributed by atoms with Gasteiger partial charge in [-0.05, 0) is 25.1 Å². The summed E-state index contributed by atoms with van der Waals surface area (Å²) < 4.78 is 5.12. The maximum Gasteiger partial charge on any atom is 0.227 e. The summed E-state index contributed by atoms with van der Waals surface area (Å²) in [5, 5.41) is 4.53. The first-order valence-electron chi connectivity index (χ1n) is 8.78. The van der Waals surface area contributed by atoms with E-state index >= 15 is 0 Å². The standard InChI is InChI=1S/C18H27N5O/c1-3-22-10-12-23(13-11-22)18-20-16-8-5-4-7-15(16)17(21-18)19-9-6-14-24-2/h4-5,7-8H,3,6,9-14H2,1-2H3,(H,19,20,21). The van der Waals surface area contributed by atoms with Crippen LogP contribution in [-0.4, -0.2) is 67.9 Å². The van der Waals surface area contributed by atoms with Crippen LogP contribution < -0.4 is 10.2 Å². The lowest BCUT2D eigenvalue weighted by atomic mass is 10.2. The molecule has 1 N–H and O–H groups in total. The average molecular weight is 329 g/mol. The molecule has 0 aliphatic carbocycles. The second kappa shape index (κ2) is 8.26. The fraction of sp³-hybridized carbons (Fsp3) is 0.556. The van der Waals surface area contributed by atoms with Crippen LogP contribution in [0, 0.1) is 0 Å². The highest BCUT2D eigenvalue weighted by Gasteiger charge is 2.19. The summed E-state index contributed by atoms with van der Waals surface area (Å²) >= 11 is 0. The number of para-hydroxylation sites is 1. The highest BCUT2D eigenvalue weighted by molar-refractivity contribution is 5.90. The van der Waals surface area contributed by atoms with Gasteiger partial charge in [0.1, 0.15) is 5.82 Å². The van der Waals surface area contributed by atoms with Gasteiger partial charge < -0.3 is 19.9 Å². The Morgan fingerprint density at radius 1 is 1.12 bits per heavy atom. The summed E-state index contributed by atoms with van der Waals surface area (Å²) in [7, 11) is 1.73. The van der Waals surface area contributed by atoms with Crippen molar-refractivity contribution in [2.24, 2.45) is 0 Å². The molecule has 1 fully saturated rings. The Hall–Kier alpha value is -1.92. The van der Waals surface area contributed by atoms with Crippen molar-refractivity contribution in [1.29, 1.82) is 0 Å². The fourth-order valence-electron chi connectivity index (χ4n) is 3.03. The largest absolute Gasteiger partial charge is 0.385 e. The van der Waals surface area contributed by atoms with Gasteiger partial charge in [0.05, 0.1) is 5.52 Å². The first kappa shape index (κ1) is 16.9. The van der Waals surface area contributed by atoms with Crippen LogP contribution in [0.5, 0.6) is 0 Å². The van der Waals surface area contributed by atoms with Gasteiger partial charge in [0.25, 0.3) is 0 Å². The van der Waals surface area contributed by atoms with Gasteiger partial charge in [0.15, 0.2) is 0 Å². The third-order valence-electron chi connectivity index (χ3n) is 4.51. The van der Waals surface area contributed by atoms with Crippen molar-refractivity contribution in [2.45, 2.75) is 13.3 Å². The first-order valence-corrected chi connectivity index (χ1v) is 8.78. The molecule has 2 aromatic rings. The molecular formula is C18H27N5O. The second-order valence-electron chi connectivity index (χ2n) is 6.08. The number of hydrogen-bond donors (Lipinski definition) is 1. The van der Waals surface area contributed by atoms with Crippen LogP contribution in [0.3, 0.4) is 0 Å². The lowest BCUT2D eigenvalue weighted by molar-refractivity contribution is 0.198. The van der Waals surface area contributed by atoms with Crippen molar-refractivity contribution >= 4 is 22.7 Å². The lowest BCUT2D eigenvalue weighted by Gasteiger charge is -2.34. The number of aromatic nitrogens is 2. The van der Waals surface area contributed by atoms with Gasteiger partial charge in [-0.2, -0.15) is 4.98 Å². The minimum absolute atomic E-state index is 0.752. The van der Waals surface area contributed by atoms with Gasteiger partial charge in [0, 0.05) is 51.8 Å². The molecule has 1 aromatic carbocycles. The molecule has 1 saturated heterocycles. The summed E-state index contributed by atoms with van der Waals surface area (Å²) in [6, 6.07) is 8.20. The van der Waals surface area contributed by atoms with E-state index in [2.05, 4.69) is 34.2 Å². The summed E-state index contributed by atoms with van der Waals surface area (Å²) in [5.41, 5.74) is 0.995. The molecule has 1 aliphatic rings. The van der Waals surface area contributed by atoms with Gasteiger partial charge in [-0.15, -0.1) is 0 Å². The number of hydrogen-bond acceptors (Lipinski definition) is 6. The van der Waals surface area contributed by atoms with Crippen LogP contribution in [-0.2, 0) is 4.74 Å². The highest BCUT2D eigenvalue weighted by Crippen LogP contribution is 2.24. The number of likely N-dealkylation sites (N-methyl/N-ethyl adjacent to an activating group) is 1. The maximum atomic E-state index is 5.12. The Morgan fingerprint density at radius 3 is 2.67 bits per heavy atom. The van der Waals surface area contributed by atoms with Crippen LogP contribution in [0.15, 0.2) is 24.3 Å². The van der Waals surface area contributed by atoms with Crippen LogP contribution in [0.4, 0.5) is 11.8 Å². The molecule has 2 heterocycles. The molecule has 0 bridgehead atoms. The van der Waals surface area contributed by atoms with Crippen molar-refractivity contribution in [3.63, 3.8) is 0 Å². The molecule has 3 rings (SSSR count). The Balaban J connectivity index is 1.80. The van der Waals surface area contributed by atoms with E-state index < -0.39 is 0 Å². The number of benzene rings is 1. The molecule has 24 heavy (non-hydrogen) atoms. The maximum absolute atomic E-state index is 5.12. The second-order valence-corrected chi connectivity index (χ2v) is 6.08. The lowest BCUT2D eigenvalue weighted by Crippen LogP contribution is -2.46. The van der Waals surface area contributed by atoms with Crippen LogP contribution in [0.25, 0.3) is 10.9 Å². The Labute approximate surface area is 143 Å². The normalized spacial score (nSPS) is 15.8. The number of piperazine rings is 1. The third kappa shape index (κ3) is 3.94. The smallest absolute Gasteiger partial charge is 0.227 e. The van der Waals surface area contributed by atoms with Gasteiger partial charge in [-0.3, -0.25) is 0 Å². The third-order valence-corrected chi connectivity index (χ3v) is 4.51. The molecule has 0 atom stereocenters. The minimum atomic E-state index is 0.752. The summed E-state index contributed by atoms with van der Waals surface area (Å²) in [6.07, 6.45) is 0.958. The topological polar surface area (TPSA) is 53.5 Å². The molecule has 0 spiro atoms. The van der Waals surface area contributed by atoms with E-state index in [9.17, 15) is 0 Å². The van der Waals surface area contributed by atoms with E-state index in [1.165, 1.54) is 0 Å². The van der Waals surface area contributed by atoms with E-state index in [4.69, 9.17) is 14.7 Å². The van der Waals surface area contributed by atoms with E-state index in [0.29, 0.717) is 0 Å². The molecule has 1 aromatic heterocycles. The molecule has 0 amide bonds. The number of methoxy groups -OCH3 is 1. The molecule has 0 saturated carbocycles. The zero-order chi connectivity index (χ0) is 16.8.